The number of likely N-dealkylation sites (tertiary alicyclic amines) is 1. The number of amides is 3. The van der Waals surface area contributed by atoms with Crippen LogP contribution in [0.3, 0.4) is 0 Å². The Bertz CT molecular complexity index is 1570. The maximum Gasteiger partial charge on any atom is 0.254 e. The Labute approximate surface area is 250 Å². The molecule has 9 nitrogen and oxygen atoms in total. The van der Waals surface area contributed by atoms with E-state index < -0.39 is 5.92 Å². The molecule has 3 aromatic carbocycles. The minimum atomic E-state index is -0.399. The molecule has 3 aromatic rings. The van der Waals surface area contributed by atoms with Crippen LogP contribution >= 0.6 is 0 Å². The van der Waals surface area contributed by atoms with Crippen LogP contribution in [0.15, 0.2) is 60.7 Å². The maximum absolute atomic E-state index is 13.7. The third-order valence-corrected chi connectivity index (χ3v) is 9.00. The third kappa shape index (κ3) is 5.45. The Balaban J connectivity index is 1.10. The SMILES string of the molecule is O=C1NCCCN(C(=O)c2cccc3c2COC3)CCOc2cccc(c2)[C@H]2CN(C(=O)c3ccc4c(c3)CCO4)C[C@H]12. The number of hydrogen-bond donors (Lipinski definition) is 1. The zero-order chi connectivity index (χ0) is 29.3. The van der Waals surface area contributed by atoms with Crippen LogP contribution in [0.25, 0.3) is 0 Å². The first kappa shape index (κ1) is 27.5. The molecular weight excluding hydrogens is 546 g/mol. The predicted molar refractivity (Wildman–Crippen MR) is 158 cm³/mol. The van der Waals surface area contributed by atoms with Gasteiger partial charge < -0.3 is 29.3 Å². The molecular formula is C34H35N3O6. The van der Waals surface area contributed by atoms with Crippen molar-refractivity contribution < 1.29 is 28.6 Å². The zero-order valence-corrected chi connectivity index (χ0v) is 24.1. The number of carbonyl (C=O) groups is 3. The van der Waals surface area contributed by atoms with E-state index in [0.717, 1.165) is 34.4 Å². The van der Waals surface area contributed by atoms with Gasteiger partial charge >= 0.3 is 0 Å². The molecule has 4 aliphatic rings. The topological polar surface area (TPSA) is 97.4 Å². The molecule has 0 aromatic heterocycles. The van der Waals surface area contributed by atoms with Crippen molar-refractivity contribution >= 4 is 17.7 Å². The van der Waals surface area contributed by atoms with Gasteiger partial charge in [0.1, 0.15) is 18.1 Å². The summed E-state index contributed by atoms with van der Waals surface area (Å²) in [6.45, 7) is 4.04. The van der Waals surface area contributed by atoms with Crippen molar-refractivity contribution in [2.45, 2.75) is 32.0 Å². The summed E-state index contributed by atoms with van der Waals surface area (Å²) in [6.07, 6.45) is 1.40. The molecule has 2 bridgehead atoms. The molecule has 0 saturated carbocycles. The van der Waals surface area contributed by atoms with Crippen molar-refractivity contribution in [3.8, 4) is 11.5 Å². The number of benzene rings is 3. The molecule has 0 spiro atoms. The summed E-state index contributed by atoms with van der Waals surface area (Å²) in [5.41, 5.74) is 5.29. The average Bonchev–Trinajstić information content (AvgIpc) is 3.80. The second kappa shape index (κ2) is 11.7. The van der Waals surface area contributed by atoms with E-state index in [4.69, 9.17) is 14.2 Å². The Kier molecular flexibility index (Phi) is 7.49. The van der Waals surface area contributed by atoms with Crippen molar-refractivity contribution in [2.24, 2.45) is 5.92 Å². The van der Waals surface area contributed by atoms with Crippen LogP contribution in [0.2, 0.25) is 0 Å². The first-order valence-electron chi connectivity index (χ1n) is 15.1. The molecule has 43 heavy (non-hydrogen) atoms. The van der Waals surface area contributed by atoms with Crippen molar-refractivity contribution in [1.82, 2.24) is 15.1 Å². The molecule has 2 atom stereocenters. The average molecular weight is 582 g/mol. The number of hydrogen-bond acceptors (Lipinski definition) is 6. The monoisotopic (exact) mass is 581 g/mol. The van der Waals surface area contributed by atoms with Crippen LogP contribution < -0.4 is 14.8 Å². The lowest BCUT2D eigenvalue weighted by molar-refractivity contribution is -0.124. The third-order valence-electron chi connectivity index (χ3n) is 9.00. The van der Waals surface area contributed by atoms with E-state index in [2.05, 4.69) is 5.32 Å². The molecule has 0 radical (unpaired) electrons. The highest BCUT2D eigenvalue weighted by Gasteiger charge is 2.41. The van der Waals surface area contributed by atoms with Gasteiger partial charge in [-0.15, -0.1) is 0 Å². The minimum absolute atomic E-state index is 0.0544. The van der Waals surface area contributed by atoms with E-state index in [9.17, 15) is 14.4 Å². The Morgan fingerprint density at radius 3 is 2.63 bits per heavy atom. The van der Waals surface area contributed by atoms with Gasteiger partial charge in [-0.2, -0.15) is 0 Å². The van der Waals surface area contributed by atoms with E-state index >= 15 is 0 Å². The van der Waals surface area contributed by atoms with Gasteiger partial charge in [-0.3, -0.25) is 14.4 Å². The molecule has 0 unspecified atom stereocenters. The standard InChI is InChI=1S/C34H35N3O6/c38-32-29-19-37(33(39)24-8-9-31-23(16-24)10-14-43-31)18-28(29)22-4-1-6-26(17-22)42-15-13-36(12-3-11-35-32)34(40)27-7-2-5-25-20-41-21-30(25)27/h1-2,4-9,16-17,28-29H,3,10-15,18-21H2,(H,35,38)/t28-,29+/m1/s1. The Morgan fingerprint density at radius 2 is 1.70 bits per heavy atom. The van der Waals surface area contributed by atoms with Crippen molar-refractivity contribution in [3.05, 3.63) is 94.0 Å². The summed E-state index contributed by atoms with van der Waals surface area (Å²) in [6, 6.07) is 19.1. The molecule has 1 N–H and O–H groups in total. The summed E-state index contributed by atoms with van der Waals surface area (Å²) in [4.78, 5) is 44.4. The fourth-order valence-electron chi connectivity index (χ4n) is 6.69. The number of nitrogens with zero attached hydrogens (tertiary/aromatic N) is 2. The van der Waals surface area contributed by atoms with Crippen molar-refractivity contribution in [3.63, 3.8) is 0 Å². The number of rotatable bonds is 2. The second-order valence-corrected chi connectivity index (χ2v) is 11.6. The predicted octanol–water partition coefficient (Wildman–Crippen LogP) is 3.55. The highest BCUT2D eigenvalue weighted by atomic mass is 16.5. The van der Waals surface area contributed by atoms with Gasteiger partial charge in [0.2, 0.25) is 5.91 Å². The normalized spacial score (nSPS) is 21.5. The van der Waals surface area contributed by atoms with E-state index in [0.29, 0.717) is 82.4 Å². The zero-order valence-electron chi connectivity index (χ0n) is 24.1. The molecule has 3 amide bonds. The molecule has 9 heteroatoms. The fourth-order valence-corrected chi connectivity index (χ4v) is 6.69. The van der Waals surface area contributed by atoms with E-state index in [-0.39, 0.29) is 23.6 Å². The number of nitrogens with one attached hydrogen (secondary N) is 1. The van der Waals surface area contributed by atoms with Crippen molar-refractivity contribution in [2.75, 3.05) is 45.9 Å². The van der Waals surface area contributed by atoms with Crippen LogP contribution in [0.4, 0.5) is 0 Å². The number of ether oxygens (including phenoxy) is 3. The molecule has 4 heterocycles. The van der Waals surface area contributed by atoms with Gasteiger partial charge in [0.05, 0.1) is 32.3 Å². The van der Waals surface area contributed by atoms with Crippen LogP contribution in [-0.4, -0.2) is 73.5 Å². The first-order valence-corrected chi connectivity index (χ1v) is 15.1. The van der Waals surface area contributed by atoms with E-state index in [1.807, 2.05) is 60.7 Å². The van der Waals surface area contributed by atoms with Crippen molar-refractivity contribution in [1.29, 1.82) is 0 Å². The molecule has 222 valence electrons. The summed E-state index contributed by atoms with van der Waals surface area (Å²) in [7, 11) is 0. The van der Waals surface area contributed by atoms with E-state index in [1.165, 1.54) is 0 Å². The molecule has 4 aliphatic heterocycles. The molecule has 0 aliphatic carbocycles. The van der Waals surface area contributed by atoms with Crippen LogP contribution in [0.5, 0.6) is 11.5 Å². The minimum Gasteiger partial charge on any atom is -0.493 e. The largest absolute Gasteiger partial charge is 0.493 e. The molecule has 7 rings (SSSR count). The van der Waals surface area contributed by atoms with Gasteiger partial charge in [-0.25, -0.2) is 0 Å². The number of fused-ring (bicyclic) bond motifs is 6. The Morgan fingerprint density at radius 1 is 0.814 bits per heavy atom. The fraction of sp³-hybridized carbons (Fsp3) is 0.382. The summed E-state index contributed by atoms with van der Waals surface area (Å²) >= 11 is 0. The quantitative estimate of drug-likeness (QED) is 0.497. The highest BCUT2D eigenvalue weighted by Crippen LogP contribution is 2.36. The van der Waals surface area contributed by atoms with Gasteiger partial charge in [-0.1, -0.05) is 24.3 Å². The smallest absolute Gasteiger partial charge is 0.254 e. The molecule has 1 saturated heterocycles. The Hall–Kier alpha value is -4.37. The van der Waals surface area contributed by atoms with Gasteiger partial charge in [0.25, 0.3) is 11.8 Å². The summed E-state index contributed by atoms with van der Waals surface area (Å²) in [5, 5.41) is 3.11. The lowest BCUT2D eigenvalue weighted by Crippen LogP contribution is -2.39. The first-order chi connectivity index (χ1) is 21.0. The van der Waals surface area contributed by atoms with Crippen LogP contribution in [0.1, 0.15) is 55.3 Å². The number of carbonyl (C=O) groups excluding carboxylic acids is 3. The van der Waals surface area contributed by atoms with Gasteiger partial charge in [0.15, 0.2) is 0 Å². The van der Waals surface area contributed by atoms with Gasteiger partial charge in [0, 0.05) is 49.6 Å². The lowest BCUT2D eigenvalue weighted by atomic mass is 9.88. The van der Waals surface area contributed by atoms with Crippen LogP contribution in [-0.2, 0) is 29.2 Å². The van der Waals surface area contributed by atoms with Crippen LogP contribution in [0, 0.1) is 5.92 Å². The highest BCUT2D eigenvalue weighted by molar-refractivity contribution is 5.96. The summed E-state index contributed by atoms with van der Waals surface area (Å²) < 4.78 is 17.4. The second-order valence-electron chi connectivity index (χ2n) is 11.6. The lowest BCUT2D eigenvalue weighted by Gasteiger charge is -2.25. The van der Waals surface area contributed by atoms with E-state index in [1.54, 1.807) is 9.80 Å². The van der Waals surface area contributed by atoms with Gasteiger partial charge in [-0.05, 0) is 65.1 Å². The summed E-state index contributed by atoms with van der Waals surface area (Å²) in [5.74, 6) is 0.747. The maximum atomic E-state index is 13.7. The molecule has 1 fully saturated rings.